The summed E-state index contributed by atoms with van der Waals surface area (Å²) in [5.74, 6) is 0.877. The molecule has 1 atom stereocenters. The monoisotopic (exact) mass is 212 g/mol. The van der Waals surface area contributed by atoms with Crippen LogP contribution in [0.15, 0.2) is 11.4 Å². The Labute approximate surface area is 88.7 Å². The highest BCUT2D eigenvalue weighted by molar-refractivity contribution is 7.98. The molecule has 1 aromatic rings. The van der Waals surface area contributed by atoms with Crippen molar-refractivity contribution >= 4 is 17.6 Å². The summed E-state index contributed by atoms with van der Waals surface area (Å²) < 4.78 is 0. The van der Waals surface area contributed by atoms with Crippen LogP contribution in [0.2, 0.25) is 0 Å². The molecule has 0 radical (unpaired) electrons. The number of nitrogens with one attached hydrogen (secondary N) is 1. The molecule has 1 aromatic heterocycles. The van der Waals surface area contributed by atoms with E-state index < -0.39 is 0 Å². The molecule has 0 aliphatic rings. The molecule has 1 unspecified atom stereocenters. The lowest BCUT2D eigenvalue weighted by molar-refractivity contribution is 0.729. The highest BCUT2D eigenvalue weighted by Crippen LogP contribution is 2.16. The standard InChI is InChI=1S/C9H16N4S/c1-6(10)4-7-5-12-9(14-3)13-8(7)11-2/h5-6H,4,10H2,1-3H3,(H,11,12,13). The van der Waals surface area contributed by atoms with Crippen molar-refractivity contribution in [2.75, 3.05) is 18.6 Å². The van der Waals surface area contributed by atoms with Gasteiger partial charge in [-0.05, 0) is 19.6 Å². The third-order valence-corrected chi connectivity index (χ3v) is 2.37. The largest absolute Gasteiger partial charge is 0.373 e. The first-order valence-electron chi connectivity index (χ1n) is 4.50. The van der Waals surface area contributed by atoms with Crippen LogP contribution in [0.3, 0.4) is 0 Å². The SMILES string of the molecule is CNc1nc(SC)ncc1CC(C)N. The van der Waals surface area contributed by atoms with Gasteiger partial charge in [0.05, 0.1) is 0 Å². The van der Waals surface area contributed by atoms with Crippen molar-refractivity contribution in [2.45, 2.75) is 24.5 Å². The van der Waals surface area contributed by atoms with E-state index in [9.17, 15) is 0 Å². The van der Waals surface area contributed by atoms with E-state index in [0.29, 0.717) is 0 Å². The minimum atomic E-state index is 0.130. The molecule has 0 amide bonds. The van der Waals surface area contributed by atoms with Crippen LogP contribution in [-0.2, 0) is 6.42 Å². The Morgan fingerprint density at radius 1 is 1.64 bits per heavy atom. The Morgan fingerprint density at radius 2 is 2.36 bits per heavy atom. The van der Waals surface area contributed by atoms with Crippen molar-refractivity contribution in [2.24, 2.45) is 5.73 Å². The first-order valence-corrected chi connectivity index (χ1v) is 5.73. The van der Waals surface area contributed by atoms with E-state index in [-0.39, 0.29) is 6.04 Å². The van der Waals surface area contributed by atoms with Gasteiger partial charge in [0.2, 0.25) is 0 Å². The molecular formula is C9H16N4S. The van der Waals surface area contributed by atoms with Crippen molar-refractivity contribution < 1.29 is 0 Å². The zero-order valence-corrected chi connectivity index (χ0v) is 9.56. The summed E-state index contributed by atoms with van der Waals surface area (Å²) in [7, 11) is 1.86. The number of aromatic nitrogens is 2. The van der Waals surface area contributed by atoms with Gasteiger partial charge in [0.1, 0.15) is 5.82 Å². The van der Waals surface area contributed by atoms with Gasteiger partial charge in [0.15, 0.2) is 5.16 Å². The van der Waals surface area contributed by atoms with Gasteiger partial charge in [-0.15, -0.1) is 0 Å². The second-order valence-corrected chi connectivity index (χ2v) is 3.94. The van der Waals surface area contributed by atoms with Gasteiger partial charge in [0, 0.05) is 24.8 Å². The van der Waals surface area contributed by atoms with Crippen molar-refractivity contribution in [3.8, 4) is 0 Å². The van der Waals surface area contributed by atoms with Gasteiger partial charge in [-0.25, -0.2) is 9.97 Å². The Balaban J connectivity index is 2.93. The Morgan fingerprint density at radius 3 is 2.86 bits per heavy atom. The lowest BCUT2D eigenvalue weighted by Crippen LogP contribution is -2.19. The van der Waals surface area contributed by atoms with Crippen LogP contribution >= 0.6 is 11.8 Å². The number of hydrogen-bond donors (Lipinski definition) is 2. The van der Waals surface area contributed by atoms with Crippen LogP contribution in [0, 0.1) is 0 Å². The van der Waals surface area contributed by atoms with Crippen LogP contribution in [0.1, 0.15) is 12.5 Å². The Kier molecular flexibility index (Phi) is 4.16. The fourth-order valence-electron chi connectivity index (χ4n) is 1.20. The molecule has 0 saturated carbocycles. The fourth-order valence-corrected chi connectivity index (χ4v) is 1.54. The van der Waals surface area contributed by atoms with Gasteiger partial charge in [-0.2, -0.15) is 0 Å². The van der Waals surface area contributed by atoms with Crippen molar-refractivity contribution in [1.82, 2.24) is 9.97 Å². The van der Waals surface area contributed by atoms with E-state index in [1.165, 1.54) is 11.8 Å². The van der Waals surface area contributed by atoms with E-state index >= 15 is 0 Å². The lowest BCUT2D eigenvalue weighted by Gasteiger charge is -2.10. The summed E-state index contributed by atoms with van der Waals surface area (Å²) in [4.78, 5) is 8.56. The zero-order chi connectivity index (χ0) is 10.6. The molecular weight excluding hydrogens is 196 g/mol. The van der Waals surface area contributed by atoms with Crippen LogP contribution in [0.25, 0.3) is 0 Å². The third-order valence-electron chi connectivity index (χ3n) is 1.80. The lowest BCUT2D eigenvalue weighted by atomic mass is 10.1. The molecule has 14 heavy (non-hydrogen) atoms. The summed E-state index contributed by atoms with van der Waals surface area (Å²) in [5, 5.41) is 3.84. The van der Waals surface area contributed by atoms with E-state index in [1.807, 2.05) is 26.4 Å². The van der Waals surface area contributed by atoms with Crippen molar-refractivity contribution in [3.63, 3.8) is 0 Å². The normalized spacial score (nSPS) is 12.6. The molecule has 0 fully saturated rings. The van der Waals surface area contributed by atoms with Crippen molar-refractivity contribution in [3.05, 3.63) is 11.8 Å². The Hall–Kier alpha value is -0.810. The van der Waals surface area contributed by atoms with Crippen molar-refractivity contribution in [1.29, 1.82) is 0 Å². The molecule has 0 saturated heterocycles. The minimum absolute atomic E-state index is 0.130. The maximum absolute atomic E-state index is 5.73. The van der Waals surface area contributed by atoms with Gasteiger partial charge < -0.3 is 11.1 Å². The summed E-state index contributed by atoms with van der Waals surface area (Å²) in [6, 6.07) is 0.130. The molecule has 0 aromatic carbocycles. The molecule has 78 valence electrons. The molecule has 3 N–H and O–H groups in total. The quantitative estimate of drug-likeness (QED) is 0.578. The highest BCUT2D eigenvalue weighted by atomic mass is 32.2. The molecule has 5 heteroatoms. The zero-order valence-electron chi connectivity index (χ0n) is 8.74. The predicted octanol–water partition coefficient (Wildman–Crippen LogP) is 1.13. The van der Waals surface area contributed by atoms with E-state index in [4.69, 9.17) is 5.73 Å². The molecule has 0 aliphatic heterocycles. The average molecular weight is 212 g/mol. The van der Waals surface area contributed by atoms with E-state index in [1.54, 1.807) is 0 Å². The minimum Gasteiger partial charge on any atom is -0.373 e. The number of hydrogen-bond acceptors (Lipinski definition) is 5. The first-order chi connectivity index (χ1) is 6.67. The number of thioether (sulfide) groups is 1. The van der Waals surface area contributed by atoms with E-state index in [2.05, 4.69) is 15.3 Å². The van der Waals surface area contributed by atoms with Gasteiger partial charge >= 0.3 is 0 Å². The molecule has 1 rings (SSSR count). The molecule has 0 aliphatic carbocycles. The van der Waals surface area contributed by atoms with Gasteiger partial charge in [0.25, 0.3) is 0 Å². The number of nitrogens with two attached hydrogens (primary N) is 1. The predicted molar refractivity (Wildman–Crippen MR) is 60.7 cm³/mol. The first kappa shape index (κ1) is 11.3. The smallest absolute Gasteiger partial charge is 0.189 e. The third kappa shape index (κ3) is 2.85. The van der Waals surface area contributed by atoms with Crippen LogP contribution < -0.4 is 11.1 Å². The maximum Gasteiger partial charge on any atom is 0.189 e. The molecule has 0 spiro atoms. The highest BCUT2D eigenvalue weighted by Gasteiger charge is 2.07. The van der Waals surface area contributed by atoms with Crippen LogP contribution in [0.5, 0.6) is 0 Å². The van der Waals surface area contributed by atoms with Gasteiger partial charge in [-0.1, -0.05) is 11.8 Å². The summed E-state index contributed by atoms with van der Waals surface area (Å²) >= 11 is 1.53. The number of anilines is 1. The summed E-state index contributed by atoms with van der Waals surface area (Å²) in [5.41, 5.74) is 6.80. The topological polar surface area (TPSA) is 63.8 Å². The van der Waals surface area contributed by atoms with Gasteiger partial charge in [-0.3, -0.25) is 0 Å². The molecule has 4 nitrogen and oxygen atoms in total. The summed E-state index contributed by atoms with van der Waals surface area (Å²) in [6.45, 7) is 1.97. The average Bonchev–Trinajstić information content (AvgIpc) is 2.17. The van der Waals surface area contributed by atoms with Crippen LogP contribution in [-0.4, -0.2) is 29.3 Å². The molecule has 0 bridgehead atoms. The fraction of sp³-hybridized carbons (Fsp3) is 0.556. The Bertz CT molecular complexity index is 301. The second-order valence-electron chi connectivity index (χ2n) is 3.16. The summed E-state index contributed by atoms with van der Waals surface area (Å²) in [6.07, 6.45) is 4.60. The maximum atomic E-state index is 5.73. The molecule has 1 heterocycles. The number of nitrogens with zero attached hydrogens (tertiary/aromatic N) is 2. The van der Waals surface area contributed by atoms with E-state index in [0.717, 1.165) is 23.0 Å². The van der Waals surface area contributed by atoms with Crippen LogP contribution in [0.4, 0.5) is 5.82 Å². The number of rotatable bonds is 4. The second kappa shape index (κ2) is 5.17.